The largest absolute Gasteiger partial charge is 0.508 e. The third-order valence-electron chi connectivity index (χ3n) is 4.45. The number of hydrazone groups is 1. The highest BCUT2D eigenvalue weighted by atomic mass is 16.5. The molecule has 8 heteroatoms. The van der Waals surface area contributed by atoms with Crippen LogP contribution in [0.15, 0.2) is 46.1 Å². The highest BCUT2D eigenvalue weighted by Gasteiger charge is 2.35. The minimum Gasteiger partial charge on any atom is -0.508 e. The summed E-state index contributed by atoms with van der Waals surface area (Å²) in [5.41, 5.74) is 8.21. The molecule has 1 aromatic carbocycles. The van der Waals surface area contributed by atoms with Gasteiger partial charge in [-0.3, -0.25) is 15.8 Å². The number of aliphatic imine (C=N–C) groups is 1. The van der Waals surface area contributed by atoms with Crippen molar-refractivity contribution in [2.75, 3.05) is 20.3 Å². The van der Waals surface area contributed by atoms with E-state index in [-0.39, 0.29) is 11.9 Å². The summed E-state index contributed by atoms with van der Waals surface area (Å²) in [5, 5.41) is 19.9. The molecule has 2 heterocycles. The topological polar surface area (TPSA) is 93.5 Å². The summed E-state index contributed by atoms with van der Waals surface area (Å²) in [6, 6.07) is 7.30. The second kappa shape index (κ2) is 11.3. The van der Waals surface area contributed by atoms with Crippen LogP contribution in [0, 0.1) is 5.92 Å². The molecule has 0 aliphatic carbocycles. The van der Waals surface area contributed by atoms with Crippen LogP contribution in [0.2, 0.25) is 0 Å². The number of phenols is 1. The summed E-state index contributed by atoms with van der Waals surface area (Å²) in [6.07, 6.45) is 2.86. The minimum absolute atomic E-state index is 0.0415. The molecule has 8 nitrogen and oxygen atoms in total. The molecule has 2 aliphatic rings. The summed E-state index contributed by atoms with van der Waals surface area (Å²) >= 11 is 0. The van der Waals surface area contributed by atoms with Crippen LogP contribution in [0.3, 0.4) is 0 Å². The van der Waals surface area contributed by atoms with E-state index in [9.17, 15) is 5.11 Å². The first kappa shape index (κ1) is 22.5. The van der Waals surface area contributed by atoms with Crippen molar-refractivity contribution in [1.82, 2.24) is 21.2 Å². The fraction of sp³-hybridized carbons (Fsp3) is 0.524. The van der Waals surface area contributed by atoms with E-state index in [1.165, 1.54) is 0 Å². The number of phenolic OH excluding ortho intramolecular Hbond substituents is 1. The SMILES string of the molecule is CC.COCCCN=C1C=C(NCc2ccccc2O)C2=NNC(C(C)C)N2N1. The Morgan fingerprint density at radius 3 is 2.76 bits per heavy atom. The second-order valence-electron chi connectivity index (χ2n) is 6.89. The molecule has 1 aromatic rings. The van der Waals surface area contributed by atoms with E-state index in [0.717, 1.165) is 29.4 Å². The minimum atomic E-state index is 0.0415. The smallest absolute Gasteiger partial charge is 0.192 e. The Kier molecular flexibility index (Phi) is 8.79. The average molecular weight is 403 g/mol. The van der Waals surface area contributed by atoms with Crippen molar-refractivity contribution in [3.63, 3.8) is 0 Å². The van der Waals surface area contributed by atoms with E-state index in [4.69, 9.17) is 4.74 Å². The summed E-state index contributed by atoms with van der Waals surface area (Å²) in [5.74, 6) is 2.20. The normalized spacial score (nSPS) is 18.9. The molecule has 0 spiro atoms. The number of hydrogen-bond acceptors (Lipinski definition) is 7. The van der Waals surface area contributed by atoms with Crippen molar-refractivity contribution < 1.29 is 9.84 Å². The summed E-state index contributed by atoms with van der Waals surface area (Å²) in [6.45, 7) is 10.1. The van der Waals surface area contributed by atoms with Crippen LogP contribution in [-0.2, 0) is 11.3 Å². The van der Waals surface area contributed by atoms with Crippen molar-refractivity contribution >= 4 is 11.7 Å². The number of hydrogen-bond donors (Lipinski definition) is 4. The Morgan fingerprint density at radius 1 is 1.31 bits per heavy atom. The van der Waals surface area contributed by atoms with Crippen molar-refractivity contribution in [2.24, 2.45) is 16.0 Å². The molecule has 1 unspecified atom stereocenters. The number of fused-ring (bicyclic) bond motifs is 1. The van der Waals surface area contributed by atoms with E-state index in [1.54, 1.807) is 13.2 Å². The lowest BCUT2D eigenvalue weighted by Gasteiger charge is -2.34. The van der Waals surface area contributed by atoms with Crippen LogP contribution in [0.5, 0.6) is 5.75 Å². The van der Waals surface area contributed by atoms with Gasteiger partial charge >= 0.3 is 0 Å². The fourth-order valence-electron chi connectivity index (χ4n) is 2.96. The van der Waals surface area contributed by atoms with Gasteiger partial charge in [0.1, 0.15) is 17.8 Å². The lowest BCUT2D eigenvalue weighted by Crippen LogP contribution is -2.57. The van der Waals surface area contributed by atoms with Crippen LogP contribution in [0.1, 0.15) is 39.7 Å². The van der Waals surface area contributed by atoms with Crippen LogP contribution in [0.4, 0.5) is 0 Å². The van der Waals surface area contributed by atoms with Gasteiger partial charge in [0.25, 0.3) is 0 Å². The maximum absolute atomic E-state index is 10.0. The van der Waals surface area contributed by atoms with E-state index in [2.05, 4.69) is 40.1 Å². The number of ether oxygens (including phenoxy) is 1. The standard InChI is InChI=1S/C19H28N6O2.C2H6/c1-13(2)18-22-23-19-15(21-12-14-7-4-5-8-16(14)26)11-17(24-25(18)19)20-9-6-10-27-3;1-2/h4-5,7-8,11,13,18,21-22,26H,6,9-10,12H2,1-3H3,(H,20,24);1-2H3. The molecular formula is C21H34N6O2. The van der Waals surface area contributed by atoms with Crippen LogP contribution < -0.4 is 16.2 Å². The predicted octanol–water partition coefficient (Wildman–Crippen LogP) is 2.55. The molecule has 0 fully saturated rings. The Morgan fingerprint density at radius 2 is 2.07 bits per heavy atom. The Bertz CT molecular complexity index is 744. The highest BCUT2D eigenvalue weighted by molar-refractivity contribution is 6.09. The Balaban J connectivity index is 0.00000145. The molecule has 0 saturated carbocycles. The molecule has 0 bridgehead atoms. The van der Waals surface area contributed by atoms with Gasteiger partial charge in [-0.1, -0.05) is 45.9 Å². The van der Waals surface area contributed by atoms with Crippen LogP contribution in [-0.4, -0.2) is 48.2 Å². The fourth-order valence-corrected chi connectivity index (χ4v) is 2.96. The van der Waals surface area contributed by atoms with Crippen molar-refractivity contribution in [1.29, 1.82) is 0 Å². The van der Waals surface area contributed by atoms with Gasteiger partial charge in [-0.15, -0.1) is 0 Å². The van der Waals surface area contributed by atoms with Crippen molar-refractivity contribution in [3.8, 4) is 5.75 Å². The van der Waals surface area contributed by atoms with Crippen LogP contribution >= 0.6 is 0 Å². The molecule has 0 radical (unpaired) electrons. The maximum Gasteiger partial charge on any atom is 0.192 e. The molecular weight excluding hydrogens is 368 g/mol. The van der Waals surface area contributed by atoms with E-state index < -0.39 is 0 Å². The number of rotatable bonds is 8. The summed E-state index contributed by atoms with van der Waals surface area (Å²) in [7, 11) is 1.69. The summed E-state index contributed by atoms with van der Waals surface area (Å²) < 4.78 is 5.09. The van der Waals surface area contributed by atoms with Gasteiger partial charge in [-0.2, -0.15) is 5.10 Å². The first-order valence-electron chi connectivity index (χ1n) is 10.3. The molecule has 3 rings (SSSR count). The van der Waals surface area contributed by atoms with Gasteiger partial charge in [-0.25, -0.2) is 5.01 Å². The third-order valence-corrected chi connectivity index (χ3v) is 4.45. The molecule has 29 heavy (non-hydrogen) atoms. The molecule has 0 aromatic heterocycles. The van der Waals surface area contributed by atoms with Gasteiger partial charge in [0, 0.05) is 38.4 Å². The number of methoxy groups -OCH3 is 1. The van der Waals surface area contributed by atoms with Gasteiger partial charge in [0.05, 0.1) is 5.70 Å². The lowest BCUT2D eigenvalue weighted by atomic mass is 10.1. The quantitative estimate of drug-likeness (QED) is 0.500. The molecule has 160 valence electrons. The van der Waals surface area contributed by atoms with Gasteiger partial charge in [-0.05, 0) is 18.4 Å². The number of nitrogens with one attached hydrogen (secondary N) is 3. The highest BCUT2D eigenvalue weighted by Crippen LogP contribution is 2.20. The van der Waals surface area contributed by atoms with Gasteiger partial charge < -0.3 is 15.2 Å². The number of hydrazine groups is 1. The van der Waals surface area contributed by atoms with Crippen molar-refractivity contribution in [2.45, 2.75) is 46.8 Å². The monoisotopic (exact) mass is 402 g/mol. The number of amidine groups is 2. The zero-order valence-electron chi connectivity index (χ0n) is 18.1. The number of benzene rings is 1. The molecule has 4 N–H and O–H groups in total. The second-order valence-corrected chi connectivity index (χ2v) is 6.89. The lowest BCUT2D eigenvalue weighted by molar-refractivity contribution is 0.196. The molecule has 1 atom stereocenters. The predicted molar refractivity (Wildman–Crippen MR) is 117 cm³/mol. The van der Waals surface area contributed by atoms with E-state index in [0.29, 0.717) is 25.6 Å². The van der Waals surface area contributed by atoms with Crippen LogP contribution in [0.25, 0.3) is 0 Å². The first-order chi connectivity index (χ1) is 14.1. The number of aromatic hydroxyl groups is 1. The third kappa shape index (κ3) is 5.87. The molecule has 0 amide bonds. The van der Waals surface area contributed by atoms with Gasteiger partial charge in [0.15, 0.2) is 5.84 Å². The number of nitrogens with zero attached hydrogens (tertiary/aromatic N) is 3. The van der Waals surface area contributed by atoms with E-state index in [1.807, 2.05) is 43.1 Å². The zero-order valence-corrected chi connectivity index (χ0v) is 18.1. The van der Waals surface area contributed by atoms with Gasteiger partial charge in [0.2, 0.25) is 0 Å². The van der Waals surface area contributed by atoms with E-state index >= 15 is 0 Å². The number of para-hydroxylation sites is 1. The Labute approximate surface area is 173 Å². The zero-order chi connectivity index (χ0) is 21.2. The summed E-state index contributed by atoms with van der Waals surface area (Å²) in [4.78, 5) is 4.63. The maximum atomic E-state index is 10.0. The molecule has 0 saturated heterocycles. The first-order valence-corrected chi connectivity index (χ1v) is 10.3. The Hall–Kier alpha value is -2.74. The van der Waals surface area contributed by atoms with Crippen molar-refractivity contribution in [3.05, 3.63) is 41.6 Å². The molecule has 2 aliphatic heterocycles. The average Bonchev–Trinajstić information content (AvgIpc) is 3.16.